The van der Waals surface area contributed by atoms with E-state index in [4.69, 9.17) is 0 Å². The molecule has 1 N–H and O–H groups in total. The molecule has 0 aliphatic carbocycles. The Kier molecular flexibility index (Phi) is 6.07. The first kappa shape index (κ1) is 21.5. The number of hydrogen-bond acceptors (Lipinski definition) is 3. The lowest BCUT2D eigenvalue weighted by molar-refractivity contribution is -0.126. The van der Waals surface area contributed by atoms with Crippen molar-refractivity contribution in [2.45, 2.75) is 30.7 Å². The van der Waals surface area contributed by atoms with Gasteiger partial charge in [0.05, 0.1) is 16.9 Å². The van der Waals surface area contributed by atoms with E-state index in [0.717, 1.165) is 16.3 Å². The van der Waals surface area contributed by atoms with Crippen LogP contribution in [-0.2, 0) is 14.8 Å². The smallest absolute Gasteiger partial charge is 0.243 e. The molecule has 3 aromatic rings. The number of sulfonamides is 1. The van der Waals surface area contributed by atoms with Gasteiger partial charge < -0.3 is 5.32 Å². The molecular weight excluding hydrogens is 415 g/mol. The molecule has 162 valence electrons. The van der Waals surface area contributed by atoms with Gasteiger partial charge in [0, 0.05) is 13.1 Å². The minimum Gasteiger partial charge on any atom is -0.349 e. The fraction of sp³-hybridized carbons (Fsp3) is 0.292. The number of nitrogens with one attached hydrogen (secondary N) is 1. The van der Waals surface area contributed by atoms with E-state index in [0.29, 0.717) is 19.4 Å². The average molecular weight is 441 g/mol. The Morgan fingerprint density at radius 1 is 1.06 bits per heavy atom. The van der Waals surface area contributed by atoms with Gasteiger partial charge in [-0.05, 0) is 60.4 Å². The number of fused-ring (bicyclic) bond motifs is 1. The van der Waals surface area contributed by atoms with E-state index >= 15 is 0 Å². The fourth-order valence-electron chi connectivity index (χ4n) is 4.02. The zero-order chi connectivity index (χ0) is 22.0. The summed E-state index contributed by atoms with van der Waals surface area (Å²) in [5.41, 5.74) is 0.797. The van der Waals surface area contributed by atoms with Gasteiger partial charge in [-0.1, -0.05) is 42.5 Å². The molecule has 1 heterocycles. The van der Waals surface area contributed by atoms with Crippen LogP contribution in [-0.4, -0.2) is 31.7 Å². The lowest BCUT2D eigenvalue weighted by atomic mass is 9.98. The Morgan fingerprint density at radius 3 is 2.52 bits per heavy atom. The molecule has 0 unspecified atom stereocenters. The molecule has 3 aromatic carbocycles. The molecule has 1 aliphatic rings. The molecule has 0 aromatic heterocycles. The molecule has 0 radical (unpaired) electrons. The number of piperidine rings is 1. The average Bonchev–Trinajstić information content (AvgIpc) is 2.79. The van der Waals surface area contributed by atoms with Crippen LogP contribution in [0.15, 0.2) is 71.6 Å². The maximum Gasteiger partial charge on any atom is 0.243 e. The second kappa shape index (κ2) is 8.77. The first-order valence-electron chi connectivity index (χ1n) is 10.4. The Bertz CT molecular complexity index is 1190. The molecule has 2 atom stereocenters. The molecule has 0 bridgehead atoms. The van der Waals surface area contributed by atoms with Crippen LogP contribution in [0.25, 0.3) is 10.8 Å². The SMILES string of the molecule is C[C@H](NC(=O)[C@@H]1CCCN(S(=O)(=O)c2ccc3ccccc3c2)C1)c1ccc(F)cc1. The van der Waals surface area contributed by atoms with Gasteiger partial charge in [-0.3, -0.25) is 4.79 Å². The van der Waals surface area contributed by atoms with Crippen molar-refractivity contribution in [2.24, 2.45) is 5.92 Å². The van der Waals surface area contributed by atoms with Gasteiger partial charge in [0.1, 0.15) is 5.82 Å². The van der Waals surface area contributed by atoms with Gasteiger partial charge in [-0.15, -0.1) is 0 Å². The van der Waals surface area contributed by atoms with Crippen LogP contribution in [0.2, 0.25) is 0 Å². The summed E-state index contributed by atoms with van der Waals surface area (Å²) in [6.07, 6.45) is 1.25. The van der Waals surface area contributed by atoms with E-state index < -0.39 is 15.9 Å². The van der Waals surface area contributed by atoms with Crippen LogP contribution in [0.1, 0.15) is 31.4 Å². The van der Waals surface area contributed by atoms with E-state index in [2.05, 4.69) is 5.32 Å². The van der Waals surface area contributed by atoms with E-state index in [-0.39, 0.29) is 29.2 Å². The Balaban J connectivity index is 1.47. The normalized spacial score (nSPS) is 18.6. The second-order valence-electron chi connectivity index (χ2n) is 7.99. The molecule has 31 heavy (non-hydrogen) atoms. The van der Waals surface area contributed by atoms with Crippen molar-refractivity contribution in [2.75, 3.05) is 13.1 Å². The molecule has 7 heteroatoms. The minimum atomic E-state index is -3.69. The zero-order valence-electron chi connectivity index (χ0n) is 17.3. The number of carbonyl (C=O) groups is 1. The third kappa shape index (κ3) is 4.62. The summed E-state index contributed by atoms with van der Waals surface area (Å²) in [5, 5.41) is 4.78. The number of nitrogens with zero attached hydrogens (tertiary/aromatic N) is 1. The van der Waals surface area contributed by atoms with Gasteiger partial charge in [-0.25, -0.2) is 12.8 Å². The maximum atomic E-state index is 13.2. The lowest BCUT2D eigenvalue weighted by Gasteiger charge is -2.32. The van der Waals surface area contributed by atoms with Crippen LogP contribution in [0.3, 0.4) is 0 Å². The van der Waals surface area contributed by atoms with Crippen molar-refractivity contribution in [1.82, 2.24) is 9.62 Å². The van der Waals surface area contributed by atoms with Crippen LogP contribution >= 0.6 is 0 Å². The van der Waals surface area contributed by atoms with E-state index in [9.17, 15) is 17.6 Å². The topological polar surface area (TPSA) is 66.5 Å². The van der Waals surface area contributed by atoms with Gasteiger partial charge in [0.2, 0.25) is 15.9 Å². The number of benzene rings is 3. The van der Waals surface area contributed by atoms with Crippen molar-refractivity contribution in [1.29, 1.82) is 0 Å². The first-order valence-corrected chi connectivity index (χ1v) is 11.8. The highest BCUT2D eigenvalue weighted by Gasteiger charge is 2.33. The van der Waals surface area contributed by atoms with E-state index in [1.807, 2.05) is 31.2 Å². The maximum absolute atomic E-state index is 13.2. The van der Waals surface area contributed by atoms with Crippen molar-refractivity contribution in [3.8, 4) is 0 Å². The van der Waals surface area contributed by atoms with Crippen molar-refractivity contribution >= 4 is 26.7 Å². The highest BCUT2D eigenvalue weighted by molar-refractivity contribution is 7.89. The number of hydrogen-bond donors (Lipinski definition) is 1. The van der Waals surface area contributed by atoms with Crippen molar-refractivity contribution < 1.29 is 17.6 Å². The number of carbonyl (C=O) groups excluding carboxylic acids is 1. The van der Waals surface area contributed by atoms with Gasteiger partial charge >= 0.3 is 0 Å². The summed E-state index contributed by atoms with van der Waals surface area (Å²) in [4.78, 5) is 13.1. The quantitative estimate of drug-likeness (QED) is 0.645. The van der Waals surface area contributed by atoms with Gasteiger partial charge in [0.25, 0.3) is 0 Å². The highest BCUT2D eigenvalue weighted by atomic mass is 32.2. The highest BCUT2D eigenvalue weighted by Crippen LogP contribution is 2.27. The minimum absolute atomic E-state index is 0.150. The number of amides is 1. The molecule has 4 rings (SSSR count). The molecule has 0 saturated carbocycles. The summed E-state index contributed by atoms with van der Waals surface area (Å²) in [6.45, 7) is 2.38. The Morgan fingerprint density at radius 2 is 1.77 bits per heavy atom. The standard InChI is InChI=1S/C24H25FN2O3S/c1-17(18-8-11-22(25)12-9-18)26-24(28)21-7-4-14-27(16-21)31(29,30)23-13-10-19-5-2-3-6-20(19)15-23/h2-3,5-6,8-13,15,17,21H,4,7,14,16H2,1H3,(H,26,28)/t17-,21+/m0/s1. The number of halogens is 1. The summed E-state index contributed by atoms with van der Waals surface area (Å²) in [7, 11) is -3.69. The molecular formula is C24H25FN2O3S. The van der Waals surface area contributed by atoms with Crippen LogP contribution in [0, 0.1) is 11.7 Å². The monoisotopic (exact) mass is 440 g/mol. The second-order valence-corrected chi connectivity index (χ2v) is 9.93. The van der Waals surface area contributed by atoms with Crippen molar-refractivity contribution in [3.05, 3.63) is 78.1 Å². The van der Waals surface area contributed by atoms with Crippen LogP contribution < -0.4 is 5.32 Å². The largest absolute Gasteiger partial charge is 0.349 e. The zero-order valence-corrected chi connectivity index (χ0v) is 18.1. The summed E-state index contributed by atoms with van der Waals surface area (Å²) in [5.74, 6) is -0.939. The van der Waals surface area contributed by atoms with Crippen LogP contribution in [0.4, 0.5) is 4.39 Å². The van der Waals surface area contributed by atoms with E-state index in [1.54, 1.807) is 30.3 Å². The van der Waals surface area contributed by atoms with E-state index in [1.165, 1.54) is 16.4 Å². The molecule has 1 saturated heterocycles. The molecule has 1 fully saturated rings. The molecule has 0 spiro atoms. The summed E-state index contributed by atoms with van der Waals surface area (Å²) in [6, 6.07) is 18.4. The van der Waals surface area contributed by atoms with Crippen LogP contribution in [0.5, 0.6) is 0 Å². The summed E-state index contributed by atoms with van der Waals surface area (Å²) < 4.78 is 41.0. The Hall–Kier alpha value is -2.77. The summed E-state index contributed by atoms with van der Waals surface area (Å²) >= 11 is 0. The molecule has 1 aliphatic heterocycles. The third-order valence-electron chi connectivity index (χ3n) is 5.84. The molecule has 5 nitrogen and oxygen atoms in total. The van der Waals surface area contributed by atoms with Gasteiger partial charge in [0.15, 0.2) is 0 Å². The third-order valence-corrected chi connectivity index (χ3v) is 7.70. The van der Waals surface area contributed by atoms with Crippen molar-refractivity contribution in [3.63, 3.8) is 0 Å². The lowest BCUT2D eigenvalue weighted by Crippen LogP contribution is -2.45. The Labute approximate surface area is 181 Å². The fourth-order valence-corrected chi connectivity index (χ4v) is 5.58. The van der Waals surface area contributed by atoms with Gasteiger partial charge in [-0.2, -0.15) is 4.31 Å². The first-order chi connectivity index (χ1) is 14.8. The predicted molar refractivity (Wildman–Crippen MR) is 118 cm³/mol. The molecule has 1 amide bonds. The predicted octanol–water partition coefficient (Wildman–Crippen LogP) is 4.26. The number of rotatable bonds is 5.